The van der Waals surface area contributed by atoms with E-state index in [9.17, 15) is 5.11 Å². The van der Waals surface area contributed by atoms with E-state index < -0.39 is 0 Å². The molecule has 0 amide bonds. The highest BCUT2D eigenvalue weighted by Crippen LogP contribution is 2.13. The Balaban J connectivity index is 3.14. The molecule has 0 fully saturated rings. The molecule has 1 unspecified atom stereocenters. The summed E-state index contributed by atoms with van der Waals surface area (Å²) in [6.45, 7) is 6.53. The van der Waals surface area contributed by atoms with Gasteiger partial charge < -0.3 is 14.6 Å². The number of aliphatic hydroxyl groups is 1. The second-order valence-electron chi connectivity index (χ2n) is 7.70. The Kier molecular flexibility index (Phi) is 22.8. The van der Waals surface area contributed by atoms with E-state index >= 15 is 0 Å². The maximum Gasteiger partial charge on any atom is 0.104 e. The Morgan fingerprint density at radius 3 is 1.50 bits per heavy atom. The first-order valence-electron chi connectivity index (χ1n) is 11.6. The second-order valence-corrected chi connectivity index (χ2v) is 7.70. The van der Waals surface area contributed by atoms with Gasteiger partial charge in [0.1, 0.15) is 6.10 Å². The van der Waals surface area contributed by atoms with Gasteiger partial charge in [-0.15, -0.1) is 0 Å². The molecular formula is C23H48O3. The normalized spacial score (nSPS) is 12.6. The lowest BCUT2D eigenvalue weighted by molar-refractivity contribution is -0.0434. The van der Waals surface area contributed by atoms with Crippen molar-refractivity contribution in [1.82, 2.24) is 0 Å². The van der Waals surface area contributed by atoms with Crippen LogP contribution in [0.5, 0.6) is 0 Å². The van der Waals surface area contributed by atoms with E-state index in [1.54, 1.807) is 0 Å². The zero-order valence-electron chi connectivity index (χ0n) is 18.0. The Morgan fingerprint density at radius 2 is 1.04 bits per heavy atom. The molecular weight excluding hydrogens is 324 g/mol. The average Bonchev–Trinajstić information content (AvgIpc) is 2.66. The fourth-order valence-electron chi connectivity index (χ4n) is 3.16. The van der Waals surface area contributed by atoms with E-state index in [0.717, 1.165) is 32.5 Å². The molecule has 0 aromatic carbocycles. The van der Waals surface area contributed by atoms with Crippen LogP contribution in [0.4, 0.5) is 0 Å². The molecule has 158 valence electrons. The van der Waals surface area contributed by atoms with Gasteiger partial charge in [0, 0.05) is 13.2 Å². The zero-order valence-corrected chi connectivity index (χ0v) is 18.0. The van der Waals surface area contributed by atoms with Gasteiger partial charge in [-0.3, -0.25) is 0 Å². The molecule has 0 aliphatic heterocycles. The molecule has 26 heavy (non-hydrogen) atoms. The molecule has 1 atom stereocenters. The van der Waals surface area contributed by atoms with E-state index in [1.165, 1.54) is 83.5 Å². The van der Waals surface area contributed by atoms with E-state index in [0.29, 0.717) is 6.61 Å². The Morgan fingerprint density at radius 1 is 0.577 bits per heavy atom. The first-order valence-corrected chi connectivity index (χ1v) is 11.6. The summed E-state index contributed by atoms with van der Waals surface area (Å²) >= 11 is 0. The lowest BCUT2D eigenvalue weighted by Crippen LogP contribution is -2.24. The van der Waals surface area contributed by atoms with Gasteiger partial charge in [-0.05, 0) is 12.8 Å². The second kappa shape index (κ2) is 22.9. The predicted octanol–water partition coefficient (Wildman–Crippen LogP) is 6.66. The van der Waals surface area contributed by atoms with E-state index in [-0.39, 0.29) is 12.7 Å². The topological polar surface area (TPSA) is 38.7 Å². The minimum Gasteiger partial charge on any atom is -0.394 e. The van der Waals surface area contributed by atoms with Crippen LogP contribution >= 0.6 is 0 Å². The standard InChI is InChI=1S/C23H48O3/c1-3-5-7-8-9-10-11-12-13-14-15-16-17-18-19-25-22-23(21-24)26-20-6-4-2/h23-24H,3-22H2,1-2H3. The van der Waals surface area contributed by atoms with Crippen LogP contribution in [0.15, 0.2) is 0 Å². The molecule has 0 rings (SSSR count). The van der Waals surface area contributed by atoms with Crippen molar-refractivity contribution in [2.24, 2.45) is 0 Å². The Labute approximate surface area is 164 Å². The van der Waals surface area contributed by atoms with E-state index in [2.05, 4.69) is 13.8 Å². The number of hydrogen-bond donors (Lipinski definition) is 1. The van der Waals surface area contributed by atoms with Crippen molar-refractivity contribution in [1.29, 1.82) is 0 Å². The summed E-state index contributed by atoms with van der Waals surface area (Å²) in [5.74, 6) is 0. The van der Waals surface area contributed by atoms with Crippen molar-refractivity contribution in [2.45, 2.75) is 123 Å². The summed E-state index contributed by atoms with van der Waals surface area (Å²) in [7, 11) is 0. The highest BCUT2D eigenvalue weighted by atomic mass is 16.5. The van der Waals surface area contributed by atoms with Crippen molar-refractivity contribution >= 4 is 0 Å². The minimum absolute atomic E-state index is 0.0580. The lowest BCUT2D eigenvalue weighted by Gasteiger charge is -2.15. The third-order valence-electron chi connectivity index (χ3n) is 5.00. The van der Waals surface area contributed by atoms with Gasteiger partial charge in [0.25, 0.3) is 0 Å². The number of unbranched alkanes of at least 4 members (excludes halogenated alkanes) is 14. The largest absolute Gasteiger partial charge is 0.394 e. The molecule has 0 saturated heterocycles. The van der Waals surface area contributed by atoms with Gasteiger partial charge >= 0.3 is 0 Å². The van der Waals surface area contributed by atoms with Gasteiger partial charge in [-0.2, -0.15) is 0 Å². The van der Waals surface area contributed by atoms with Crippen LogP contribution in [0, 0.1) is 0 Å². The van der Waals surface area contributed by atoms with Gasteiger partial charge in [-0.1, -0.05) is 104 Å². The van der Waals surface area contributed by atoms with E-state index in [1.807, 2.05) is 0 Å². The molecule has 0 aliphatic rings. The number of aliphatic hydroxyl groups excluding tert-OH is 1. The van der Waals surface area contributed by atoms with Gasteiger partial charge in [-0.25, -0.2) is 0 Å². The highest BCUT2D eigenvalue weighted by Gasteiger charge is 2.07. The van der Waals surface area contributed by atoms with Crippen LogP contribution in [0.2, 0.25) is 0 Å². The molecule has 1 N–H and O–H groups in total. The summed E-state index contributed by atoms with van der Waals surface area (Å²) in [5.41, 5.74) is 0. The third-order valence-corrected chi connectivity index (χ3v) is 5.00. The molecule has 0 bridgehead atoms. The van der Waals surface area contributed by atoms with Crippen LogP contribution in [0.3, 0.4) is 0 Å². The summed E-state index contributed by atoms with van der Waals surface area (Å²) in [5, 5.41) is 9.25. The molecule has 0 spiro atoms. The third kappa shape index (κ3) is 20.2. The fourth-order valence-corrected chi connectivity index (χ4v) is 3.16. The van der Waals surface area contributed by atoms with Gasteiger partial charge in [0.15, 0.2) is 0 Å². The van der Waals surface area contributed by atoms with Gasteiger partial charge in [0.2, 0.25) is 0 Å². The number of hydrogen-bond acceptors (Lipinski definition) is 3. The minimum atomic E-state index is -0.145. The van der Waals surface area contributed by atoms with Crippen LogP contribution in [-0.2, 0) is 9.47 Å². The van der Waals surface area contributed by atoms with Crippen LogP contribution in [0.25, 0.3) is 0 Å². The molecule has 0 heterocycles. The fraction of sp³-hybridized carbons (Fsp3) is 1.00. The maximum atomic E-state index is 9.25. The molecule has 0 aromatic heterocycles. The first kappa shape index (κ1) is 25.9. The molecule has 0 aliphatic carbocycles. The first-order chi connectivity index (χ1) is 12.8. The van der Waals surface area contributed by atoms with Crippen molar-refractivity contribution < 1.29 is 14.6 Å². The summed E-state index contributed by atoms with van der Waals surface area (Å²) in [4.78, 5) is 0. The summed E-state index contributed by atoms with van der Waals surface area (Å²) in [6.07, 6.45) is 21.3. The Hall–Kier alpha value is -0.120. The molecule has 0 radical (unpaired) electrons. The number of rotatable bonds is 22. The molecule has 0 saturated carbocycles. The lowest BCUT2D eigenvalue weighted by atomic mass is 10.0. The van der Waals surface area contributed by atoms with Crippen LogP contribution < -0.4 is 0 Å². The van der Waals surface area contributed by atoms with Crippen molar-refractivity contribution in [3.05, 3.63) is 0 Å². The number of ether oxygens (including phenoxy) is 2. The smallest absolute Gasteiger partial charge is 0.104 e. The van der Waals surface area contributed by atoms with E-state index in [4.69, 9.17) is 9.47 Å². The van der Waals surface area contributed by atoms with Crippen molar-refractivity contribution in [3.63, 3.8) is 0 Å². The average molecular weight is 373 g/mol. The van der Waals surface area contributed by atoms with Gasteiger partial charge in [0.05, 0.1) is 13.2 Å². The van der Waals surface area contributed by atoms with Crippen molar-refractivity contribution in [2.75, 3.05) is 26.4 Å². The predicted molar refractivity (Wildman–Crippen MR) is 113 cm³/mol. The van der Waals surface area contributed by atoms with Crippen LogP contribution in [-0.4, -0.2) is 37.6 Å². The molecule has 3 nitrogen and oxygen atoms in total. The maximum absolute atomic E-state index is 9.25. The highest BCUT2D eigenvalue weighted by molar-refractivity contribution is 4.54. The molecule has 0 aromatic rings. The monoisotopic (exact) mass is 372 g/mol. The SMILES string of the molecule is CCCCCCCCCCCCCCCCOCC(CO)OCCCC. The Bertz CT molecular complexity index is 246. The molecule has 3 heteroatoms. The zero-order chi connectivity index (χ0) is 19.1. The summed E-state index contributed by atoms with van der Waals surface area (Å²) in [6, 6.07) is 0. The quantitative estimate of drug-likeness (QED) is 0.216. The summed E-state index contributed by atoms with van der Waals surface area (Å²) < 4.78 is 11.2. The van der Waals surface area contributed by atoms with Crippen LogP contribution in [0.1, 0.15) is 117 Å². The van der Waals surface area contributed by atoms with Crippen molar-refractivity contribution in [3.8, 4) is 0 Å².